The Labute approximate surface area is 179 Å². The molecular weight excluding hydrogens is 438 g/mol. The number of ether oxygens (including phenoxy) is 1. The first-order valence-electron chi connectivity index (χ1n) is 8.66. The highest BCUT2D eigenvalue weighted by molar-refractivity contribution is 7.13. The molecule has 1 aromatic heterocycles. The Hall–Kier alpha value is -3.30. The zero-order valence-corrected chi connectivity index (χ0v) is 17.5. The van der Waals surface area contributed by atoms with E-state index in [2.05, 4.69) is 15.5 Å². The topological polar surface area (TPSA) is 203 Å². The number of hydrogen-bond acceptors (Lipinski definition) is 11. The molecule has 0 aliphatic carbocycles. The summed E-state index contributed by atoms with van der Waals surface area (Å²) in [5, 5.41) is 26.2. The molecule has 0 aromatic carbocycles. The van der Waals surface area contributed by atoms with Crippen LogP contribution in [-0.2, 0) is 33.6 Å². The predicted molar refractivity (Wildman–Crippen MR) is 104 cm³/mol. The van der Waals surface area contributed by atoms with Crippen LogP contribution in [0.4, 0.5) is 5.13 Å². The number of hydrogen-bond donors (Lipinski definition) is 4. The maximum Gasteiger partial charge on any atom is 0.350 e. The van der Waals surface area contributed by atoms with Gasteiger partial charge in [0.15, 0.2) is 17.5 Å². The summed E-state index contributed by atoms with van der Waals surface area (Å²) >= 11 is 1.01. The van der Waals surface area contributed by atoms with Crippen LogP contribution in [0.2, 0.25) is 0 Å². The second-order valence-corrected chi connectivity index (χ2v) is 7.61. The van der Waals surface area contributed by atoms with Crippen molar-refractivity contribution in [2.45, 2.75) is 31.5 Å². The van der Waals surface area contributed by atoms with Gasteiger partial charge in [-0.2, -0.15) is 0 Å². The van der Waals surface area contributed by atoms with E-state index < -0.39 is 53.8 Å². The molecular formula is C16H21N5O9S. The molecule has 2 atom stereocenters. The molecule has 170 valence electrons. The van der Waals surface area contributed by atoms with Crippen LogP contribution >= 0.6 is 11.3 Å². The third-order valence-corrected chi connectivity index (χ3v) is 4.65. The molecule has 1 aliphatic heterocycles. The van der Waals surface area contributed by atoms with Crippen LogP contribution in [0.25, 0.3) is 0 Å². The molecule has 2 rings (SSSR count). The summed E-state index contributed by atoms with van der Waals surface area (Å²) in [5.74, 6) is -4.22. The average molecular weight is 459 g/mol. The lowest BCUT2D eigenvalue weighted by molar-refractivity contribution is -0.241. The molecule has 0 bridgehead atoms. The molecule has 5 N–H and O–H groups in total. The fourth-order valence-electron chi connectivity index (χ4n) is 2.30. The largest absolute Gasteiger partial charge is 0.479 e. The van der Waals surface area contributed by atoms with Gasteiger partial charge in [-0.15, -0.1) is 11.3 Å². The lowest BCUT2D eigenvalue weighted by Crippen LogP contribution is -2.72. The van der Waals surface area contributed by atoms with Crippen LogP contribution in [0.1, 0.15) is 19.5 Å². The van der Waals surface area contributed by atoms with Gasteiger partial charge in [0.2, 0.25) is 5.60 Å². The van der Waals surface area contributed by atoms with Crippen molar-refractivity contribution >= 4 is 45.9 Å². The summed E-state index contributed by atoms with van der Waals surface area (Å²) in [6.07, 6.45) is 0. The highest BCUT2D eigenvalue weighted by Crippen LogP contribution is 2.22. The van der Waals surface area contributed by atoms with Crippen molar-refractivity contribution in [1.82, 2.24) is 15.4 Å². The van der Waals surface area contributed by atoms with E-state index in [0.717, 1.165) is 16.4 Å². The number of oxime groups is 1. The number of nitrogens with one attached hydrogen (secondary N) is 1. The van der Waals surface area contributed by atoms with Gasteiger partial charge < -0.3 is 30.8 Å². The van der Waals surface area contributed by atoms with Crippen molar-refractivity contribution in [3.63, 3.8) is 0 Å². The molecule has 1 fully saturated rings. The van der Waals surface area contributed by atoms with Crippen LogP contribution < -0.4 is 11.1 Å². The average Bonchev–Trinajstić information content (AvgIpc) is 3.11. The smallest absolute Gasteiger partial charge is 0.350 e. The first-order valence-corrected chi connectivity index (χ1v) is 9.54. The first-order chi connectivity index (χ1) is 14.5. The number of amides is 2. The van der Waals surface area contributed by atoms with Gasteiger partial charge in [-0.1, -0.05) is 5.16 Å². The molecule has 1 aliphatic rings. The number of nitrogens with zero attached hydrogens (tertiary/aromatic N) is 3. The number of β-lactam (4-membered cyclic amide) rings is 1. The summed E-state index contributed by atoms with van der Waals surface area (Å²) in [6, 6.07) is -1.92. The van der Waals surface area contributed by atoms with Crippen LogP contribution in [0.15, 0.2) is 10.5 Å². The molecule has 0 spiro atoms. The molecule has 31 heavy (non-hydrogen) atoms. The van der Waals surface area contributed by atoms with Gasteiger partial charge in [-0.25, -0.2) is 19.6 Å². The van der Waals surface area contributed by atoms with E-state index in [0.29, 0.717) is 0 Å². The van der Waals surface area contributed by atoms with E-state index in [1.165, 1.54) is 26.3 Å². The van der Waals surface area contributed by atoms with E-state index in [-0.39, 0.29) is 17.4 Å². The van der Waals surface area contributed by atoms with Gasteiger partial charge in [0.25, 0.3) is 11.8 Å². The fraction of sp³-hybridized carbons (Fsp3) is 0.500. The van der Waals surface area contributed by atoms with Gasteiger partial charge in [-0.05, 0) is 13.8 Å². The number of carboxylic acids is 2. The Morgan fingerprint density at radius 2 is 2.06 bits per heavy atom. The molecule has 2 amide bonds. The number of nitrogens with two attached hydrogens (primary N) is 1. The highest BCUT2D eigenvalue weighted by Gasteiger charge is 2.50. The summed E-state index contributed by atoms with van der Waals surface area (Å²) in [7, 11) is 1.35. The third-order valence-electron chi connectivity index (χ3n) is 3.98. The minimum atomic E-state index is -1.75. The van der Waals surface area contributed by atoms with Crippen molar-refractivity contribution in [2.24, 2.45) is 5.16 Å². The number of rotatable bonds is 11. The van der Waals surface area contributed by atoms with E-state index in [1.54, 1.807) is 0 Å². The summed E-state index contributed by atoms with van der Waals surface area (Å²) in [4.78, 5) is 60.9. The molecule has 0 saturated carbocycles. The van der Waals surface area contributed by atoms with Gasteiger partial charge in [0.05, 0.1) is 6.61 Å². The van der Waals surface area contributed by atoms with E-state index in [9.17, 15) is 19.2 Å². The molecule has 1 aromatic rings. The summed E-state index contributed by atoms with van der Waals surface area (Å²) in [6.45, 7) is 1.64. The standard InChI is InChI=1S/C16H21N5O9S/c1-16(2,14(26)27)30-20-10(7-6-31-15(17)18-7)12(24)19-11-8(4-28-3)21(13(11)25)29-5-9(22)23/h6,8,11H,4-5H2,1-3H3,(H2,17,18)(H,19,24)(H,22,23)(H,26,27)/b20-10-. The fourth-order valence-corrected chi connectivity index (χ4v) is 2.85. The van der Waals surface area contributed by atoms with Crippen LogP contribution in [0.5, 0.6) is 0 Å². The van der Waals surface area contributed by atoms with E-state index in [4.69, 9.17) is 30.4 Å². The second kappa shape index (κ2) is 9.67. The number of aromatic nitrogens is 1. The Balaban J connectivity index is 2.22. The van der Waals surface area contributed by atoms with Gasteiger partial charge in [0.1, 0.15) is 17.8 Å². The summed E-state index contributed by atoms with van der Waals surface area (Å²) in [5.41, 5.74) is 3.44. The monoisotopic (exact) mass is 459 g/mol. The minimum Gasteiger partial charge on any atom is -0.479 e. The van der Waals surface area contributed by atoms with Gasteiger partial charge in [-0.3, -0.25) is 14.4 Å². The Morgan fingerprint density at radius 3 is 2.58 bits per heavy atom. The molecule has 14 nitrogen and oxygen atoms in total. The third kappa shape index (κ3) is 5.65. The zero-order valence-electron chi connectivity index (χ0n) is 16.7. The molecule has 1 saturated heterocycles. The predicted octanol–water partition coefficient (Wildman–Crippen LogP) is -1.33. The number of carboxylic acid groups (broad SMARTS) is 2. The van der Waals surface area contributed by atoms with E-state index in [1.807, 2.05) is 0 Å². The molecule has 2 unspecified atom stereocenters. The van der Waals surface area contributed by atoms with Gasteiger partial charge >= 0.3 is 11.9 Å². The number of hydroxylamine groups is 2. The normalized spacial score (nSPS) is 19.0. The molecule has 2 heterocycles. The second-order valence-electron chi connectivity index (χ2n) is 6.72. The summed E-state index contributed by atoms with van der Waals surface area (Å²) < 4.78 is 4.99. The maximum atomic E-state index is 12.8. The number of aliphatic carboxylic acids is 2. The highest BCUT2D eigenvalue weighted by atomic mass is 32.1. The maximum absolute atomic E-state index is 12.8. The van der Waals surface area contributed by atoms with Crippen molar-refractivity contribution in [1.29, 1.82) is 0 Å². The van der Waals surface area contributed by atoms with Crippen molar-refractivity contribution in [3.8, 4) is 0 Å². The van der Waals surface area contributed by atoms with Crippen molar-refractivity contribution in [2.75, 3.05) is 26.1 Å². The van der Waals surface area contributed by atoms with E-state index >= 15 is 0 Å². The number of nitrogen functional groups attached to an aromatic ring is 1. The number of methoxy groups -OCH3 is 1. The lowest BCUT2D eigenvalue weighted by Gasteiger charge is -2.44. The molecule has 15 heteroatoms. The van der Waals surface area contributed by atoms with Crippen LogP contribution in [0.3, 0.4) is 0 Å². The zero-order chi connectivity index (χ0) is 23.3. The van der Waals surface area contributed by atoms with Crippen molar-refractivity contribution in [3.05, 3.63) is 11.1 Å². The minimum absolute atomic E-state index is 0.00948. The first kappa shape index (κ1) is 24.0. The molecule has 0 radical (unpaired) electrons. The van der Waals surface area contributed by atoms with Crippen LogP contribution in [0, 0.1) is 0 Å². The number of carbonyl (C=O) groups excluding carboxylic acids is 2. The van der Waals surface area contributed by atoms with Crippen molar-refractivity contribution < 1.29 is 43.8 Å². The number of thiazole rings is 1. The number of anilines is 1. The Bertz CT molecular complexity index is 900. The lowest BCUT2D eigenvalue weighted by atomic mass is 9.98. The quantitative estimate of drug-likeness (QED) is 0.173. The Morgan fingerprint density at radius 1 is 1.39 bits per heavy atom. The SMILES string of the molecule is COCC1C(NC(=O)/C(=N\OC(C)(C)C(=O)O)c2csc(N)n2)C(=O)N1OCC(=O)O. The Kier molecular flexibility index (Phi) is 7.48. The number of carbonyl (C=O) groups is 4. The van der Waals surface area contributed by atoms with Crippen LogP contribution in [-0.4, -0.2) is 87.7 Å². The van der Waals surface area contributed by atoms with Gasteiger partial charge in [0, 0.05) is 12.5 Å².